The SMILES string of the molecule is CCCOC(C(=O)O)c1ccc(OCC)cc1. The van der Waals surface area contributed by atoms with Crippen molar-refractivity contribution in [2.75, 3.05) is 13.2 Å². The highest BCUT2D eigenvalue weighted by Crippen LogP contribution is 2.21. The molecule has 1 aromatic carbocycles. The maximum Gasteiger partial charge on any atom is 0.337 e. The fourth-order valence-electron chi connectivity index (χ4n) is 1.45. The molecule has 1 atom stereocenters. The smallest absolute Gasteiger partial charge is 0.337 e. The van der Waals surface area contributed by atoms with Gasteiger partial charge in [-0.3, -0.25) is 0 Å². The minimum atomic E-state index is -0.970. The van der Waals surface area contributed by atoms with Gasteiger partial charge in [0.1, 0.15) is 5.75 Å². The molecule has 0 amide bonds. The molecule has 0 bridgehead atoms. The van der Waals surface area contributed by atoms with Gasteiger partial charge in [-0.2, -0.15) is 0 Å². The van der Waals surface area contributed by atoms with Crippen LogP contribution in [0.5, 0.6) is 5.75 Å². The zero-order valence-corrected chi connectivity index (χ0v) is 10.2. The van der Waals surface area contributed by atoms with E-state index in [9.17, 15) is 4.79 Å². The molecule has 4 heteroatoms. The predicted octanol–water partition coefficient (Wildman–Crippen LogP) is 2.64. The Balaban J connectivity index is 2.76. The molecular weight excluding hydrogens is 220 g/mol. The second-order valence-corrected chi connectivity index (χ2v) is 3.59. The quantitative estimate of drug-likeness (QED) is 0.793. The molecule has 0 radical (unpaired) electrons. The van der Waals surface area contributed by atoms with Crippen molar-refractivity contribution in [2.24, 2.45) is 0 Å². The van der Waals surface area contributed by atoms with Crippen LogP contribution in [0.1, 0.15) is 31.9 Å². The van der Waals surface area contributed by atoms with Crippen molar-refractivity contribution in [3.8, 4) is 5.75 Å². The second-order valence-electron chi connectivity index (χ2n) is 3.59. The Kier molecular flexibility index (Phi) is 5.49. The lowest BCUT2D eigenvalue weighted by Gasteiger charge is -2.14. The largest absolute Gasteiger partial charge is 0.494 e. The third kappa shape index (κ3) is 4.07. The number of aliphatic carboxylic acids is 1. The van der Waals surface area contributed by atoms with Crippen molar-refractivity contribution in [2.45, 2.75) is 26.4 Å². The van der Waals surface area contributed by atoms with E-state index in [2.05, 4.69) is 0 Å². The zero-order valence-electron chi connectivity index (χ0n) is 10.2. The van der Waals surface area contributed by atoms with Gasteiger partial charge in [-0.25, -0.2) is 4.79 Å². The number of carboxylic acids is 1. The zero-order chi connectivity index (χ0) is 12.7. The maximum absolute atomic E-state index is 11.1. The van der Waals surface area contributed by atoms with Crippen molar-refractivity contribution < 1.29 is 19.4 Å². The highest BCUT2D eigenvalue weighted by Gasteiger charge is 2.19. The molecule has 17 heavy (non-hydrogen) atoms. The molecule has 0 aliphatic rings. The van der Waals surface area contributed by atoms with Crippen LogP contribution in [0.4, 0.5) is 0 Å². The molecule has 0 aliphatic heterocycles. The van der Waals surface area contributed by atoms with Gasteiger partial charge in [0.15, 0.2) is 6.10 Å². The van der Waals surface area contributed by atoms with Gasteiger partial charge in [0.25, 0.3) is 0 Å². The summed E-state index contributed by atoms with van der Waals surface area (Å²) in [5.41, 5.74) is 0.634. The summed E-state index contributed by atoms with van der Waals surface area (Å²) in [6.07, 6.45) is -0.105. The van der Waals surface area contributed by atoms with Gasteiger partial charge < -0.3 is 14.6 Å². The Morgan fingerprint density at radius 2 is 1.94 bits per heavy atom. The third-order valence-corrected chi connectivity index (χ3v) is 2.21. The predicted molar refractivity (Wildman–Crippen MR) is 64.2 cm³/mol. The van der Waals surface area contributed by atoms with Crippen LogP contribution in [0.2, 0.25) is 0 Å². The number of hydrogen-bond donors (Lipinski definition) is 1. The Morgan fingerprint density at radius 3 is 2.41 bits per heavy atom. The number of benzene rings is 1. The van der Waals surface area contributed by atoms with E-state index in [-0.39, 0.29) is 0 Å². The van der Waals surface area contributed by atoms with E-state index >= 15 is 0 Å². The van der Waals surface area contributed by atoms with Crippen molar-refractivity contribution in [1.82, 2.24) is 0 Å². The molecule has 0 aromatic heterocycles. The lowest BCUT2D eigenvalue weighted by molar-refractivity contribution is -0.150. The number of ether oxygens (including phenoxy) is 2. The summed E-state index contributed by atoms with van der Waals surface area (Å²) in [5.74, 6) is -0.238. The van der Waals surface area contributed by atoms with Crippen LogP contribution in [0.15, 0.2) is 24.3 Å². The van der Waals surface area contributed by atoms with Gasteiger partial charge in [0, 0.05) is 6.61 Å². The Labute approximate surface area is 101 Å². The summed E-state index contributed by atoms with van der Waals surface area (Å²) in [5, 5.41) is 9.07. The standard InChI is InChI=1S/C13H18O4/c1-3-9-17-12(13(14)15)10-5-7-11(8-6-10)16-4-2/h5-8,12H,3-4,9H2,1-2H3,(H,14,15). The molecular formula is C13H18O4. The highest BCUT2D eigenvalue weighted by atomic mass is 16.5. The topological polar surface area (TPSA) is 55.8 Å². The summed E-state index contributed by atoms with van der Waals surface area (Å²) < 4.78 is 10.6. The van der Waals surface area contributed by atoms with Crippen molar-refractivity contribution >= 4 is 5.97 Å². The molecule has 0 heterocycles. The number of hydrogen-bond acceptors (Lipinski definition) is 3. The molecule has 0 saturated carbocycles. The van der Waals surface area contributed by atoms with E-state index in [0.29, 0.717) is 18.8 Å². The number of carboxylic acid groups (broad SMARTS) is 1. The monoisotopic (exact) mass is 238 g/mol. The first-order chi connectivity index (χ1) is 8.19. The third-order valence-electron chi connectivity index (χ3n) is 2.21. The number of rotatable bonds is 7. The van der Waals surface area contributed by atoms with Gasteiger partial charge >= 0.3 is 5.97 Å². The van der Waals surface area contributed by atoms with E-state index in [0.717, 1.165) is 12.2 Å². The molecule has 1 rings (SSSR count). The molecule has 0 saturated heterocycles. The summed E-state index contributed by atoms with van der Waals surface area (Å²) in [6.45, 7) is 4.87. The lowest BCUT2D eigenvalue weighted by Crippen LogP contribution is -2.15. The van der Waals surface area contributed by atoms with Crippen molar-refractivity contribution in [1.29, 1.82) is 0 Å². The van der Waals surface area contributed by atoms with Gasteiger partial charge in [0.2, 0.25) is 0 Å². The van der Waals surface area contributed by atoms with Crippen LogP contribution in [-0.4, -0.2) is 24.3 Å². The van der Waals surface area contributed by atoms with Crippen molar-refractivity contribution in [3.05, 3.63) is 29.8 Å². The first kappa shape index (κ1) is 13.5. The first-order valence-electron chi connectivity index (χ1n) is 5.76. The molecule has 4 nitrogen and oxygen atoms in total. The average molecular weight is 238 g/mol. The molecule has 0 aliphatic carbocycles. The molecule has 1 N–H and O–H groups in total. The van der Waals surface area contributed by atoms with E-state index in [1.54, 1.807) is 24.3 Å². The lowest BCUT2D eigenvalue weighted by atomic mass is 10.1. The maximum atomic E-state index is 11.1. The Bertz CT molecular complexity index is 345. The van der Waals surface area contributed by atoms with E-state index in [1.807, 2.05) is 13.8 Å². The molecule has 0 spiro atoms. The summed E-state index contributed by atoms with van der Waals surface area (Å²) >= 11 is 0. The van der Waals surface area contributed by atoms with Crippen LogP contribution in [0, 0.1) is 0 Å². The van der Waals surface area contributed by atoms with Crippen LogP contribution in [0.3, 0.4) is 0 Å². The molecule has 1 unspecified atom stereocenters. The Hall–Kier alpha value is -1.55. The highest BCUT2D eigenvalue weighted by molar-refractivity contribution is 5.74. The second kappa shape index (κ2) is 6.91. The van der Waals surface area contributed by atoms with Crippen LogP contribution in [0.25, 0.3) is 0 Å². The minimum absolute atomic E-state index is 0.435. The molecule has 0 fully saturated rings. The van der Waals surface area contributed by atoms with Crippen LogP contribution < -0.4 is 4.74 Å². The van der Waals surface area contributed by atoms with E-state index in [1.165, 1.54) is 0 Å². The van der Waals surface area contributed by atoms with Gasteiger partial charge in [-0.1, -0.05) is 19.1 Å². The number of carbonyl (C=O) groups is 1. The van der Waals surface area contributed by atoms with Crippen LogP contribution in [-0.2, 0) is 9.53 Å². The normalized spacial score (nSPS) is 12.1. The molecule has 94 valence electrons. The fourth-order valence-corrected chi connectivity index (χ4v) is 1.45. The summed E-state index contributed by atoms with van der Waals surface area (Å²) in [4.78, 5) is 11.1. The summed E-state index contributed by atoms with van der Waals surface area (Å²) in [6, 6.07) is 6.95. The van der Waals surface area contributed by atoms with E-state index in [4.69, 9.17) is 14.6 Å². The molecule has 1 aromatic rings. The van der Waals surface area contributed by atoms with Crippen LogP contribution >= 0.6 is 0 Å². The van der Waals surface area contributed by atoms with Gasteiger partial charge in [0.05, 0.1) is 6.61 Å². The first-order valence-corrected chi connectivity index (χ1v) is 5.76. The van der Waals surface area contributed by atoms with Gasteiger partial charge in [-0.15, -0.1) is 0 Å². The van der Waals surface area contributed by atoms with Gasteiger partial charge in [-0.05, 0) is 31.0 Å². The minimum Gasteiger partial charge on any atom is -0.494 e. The fraction of sp³-hybridized carbons (Fsp3) is 0.462. The summed E-state index contributed by atoms with van der Waals surface area (Å²) in [7, 11) is 0. The Morgan fingerprint density at radius 1 is 1.29 bits per heavy atom. The van der Waals surface area contributed by atoms with E-state index < -0.39 is 12.1 Å². The average Bonchev–Trinajstić information content (AvgIpc) is 2.31. The van der Waals surface area contributed by atoms with Crippen molar-refractivity contribution in [3.63, 3.8) is 0 Å².